The minimum absolute atomic E-state index is 0.129. The van der Waals surface area contributed by atoms with Crippen molar-refractivity contribution in [2.75, 3.05) is 6.61 Å². The first kappa shape index (κ1) is 19.1. The van der Waals surface area contributed by atoms with Gasteiger partial charge in [-0.05, 0) is 57.9 Å². The summed E-state index contributed by atoms with van der Waals surface area (Å²) in [6, 6.07) is 1.26. The average Bonchev–Trinajstić information content (AvgIpc) is 3.27. The molecule has 1 N–H and O–H groups in total. The van der Waals surface area contributed by atoms with Gasteiger partial charge in [0.1, 0.15) is 4.83 Å². The smallest absolute Gasteiger partial charge is 0.262 e. The Labute approximate surface area is 165 Å². The van der Waals surface area contributed by atoms with Crippen LogP contribution in [0.25, 0.3) is 10.2 Å². The fourth-order valence-electron chi connectivity index (χ4n) is 4.48. The highest BCUT2D eigenvalue weighted by molar-refractivity contribution is 7.18. The first-order valence-electron chi connectivity index (χ1n) is 10.5. The lowest BCUT2D eigenvalue weighted by Crippen LogP contribution is -2.40. The standard InChI is InChI=1S/C21H31N3O2S/c1-14(2)26-11-5-10-24-13-22-20-19(21(24)25)17-9-8-16(12-18(17)27-20)23-15-6-3-4-7-15/h13-16,23H,3-12H2,1-2H3. The predicted octanol–water partition coefficient (Wildman–Crippen LogP) is 3.66. The van der Waals surface area contributed by atoms with E-state index < -0.39 is 0 Å². The van der Waals surface area contributed by atoms with Crippen molar-refractivity contribution in [2.24, 2.45) is 0 Å². The van der Waals surface area contributed by atoms with Gasteiger partial charge in [0, 0.05) is 30.1 Å². The summed E-state index contributed by atoms with van der Waals surface area (Å²) in [6.07, 6.45) is 11.3. The Bertz CT molecular complexity index is 836. The van der Waals surface area contributed by atoms with E-state index in [9.17, 15) is 4.79 Å². The molecular weight excluding hydrogens is 358 g/mol. The third kappa shape index (κ3) is 4.28. The zero-order chi connectivity index (χ0) is 18.8. The summed E-state index contributed by atoms with van der Waals surface area (Å²) < 4.78 is 7.36. The van der Waals surface area contributed by atoms with E-state index in [-0.39, 0.29) is 11.7 Å². The molecule has 0 saturated heterocycles. The number of nitrogens with zero attached hydrogens (tertiary/aromatic N) is 2. The fourth-order valence-corrected chi connectivity index (χ4v) is 5.74. The second-order valence-corrected chi connectivity index (χ2v) is 9.37. The molecule has 27 heavy (non-hydrogen) atoms. The van der Waals surface area contributed by atoms with Gasteiger partial charge < -0.3 is 10.1 Å². The first-order chi connectivity index (χ1) is 13.1. The van der Waals surface area contributed by atoms with E-state index in [0.717, 1.165) is 35.9 Å². The number of nitrogens with one attached hydrogen (secondary N) is 1. The molecular formula is C21H31N3O2S. The van der Waals surface area contributed by atoms with Gasteiger partial charge in [0.2, 0.25) is 0 Å². The van der Waals surface area contributed by atoms with Gasteiger partial charge in [0.15, 0.2) is 0 Å². The molecule has 148 valence electrons. The molecule has 0 amide bonds. The minimum Gasteiger partial charge on any atom is -0.379 e. The van der Waals surface area contributed by atoms with Crippen molar-refractivity contribution in [3.63, 3.8) is 0 Å². The molecule has 2 heterocycles. The highest BCUT2D eigenvalue weighted by Crippen LogP contribution is 2.34. The molecule has 5 nitrogen and oxygen atoms in total. The molecule has 0 bridgehead atoms. The van der Waals surface area contributed by atoms with Crippen molar-refractivity contribution in [2.45, 2.75) is 89.9 Å². The Morgan fingerprint density at radius 3 is 2.89 bits per heavy atom. The van der Waals surface area contributed by atoms with Gasteiger partial charge in [0.25, 0.3) is 5.56 Å². The van der Waals surface area contributed by atoms with Crippen LogP contribution in [0.3, 0.4) is 0 Å². The van der Waals surface area contributed by atoms with Gasteiger partial charge in [-0.15, -0.1) is 11.3 Å². The van der Waals surface area contributed by atoms with Crippen LogP contribution >= 0.6 is 11.3 Å². The number of thiophene rings is 1. The third-order valence-corrected chi connectivity index (χ3v) is 7.02. The zero-order valence-electron chi connectivity index (χ0n) is 16.5. The number of aromatic nitrogens is 2. The average molecular weight is 390 g/mol. The van der Waals surface area contributed by atoms with Crippen LogP contribution in [-0.4, -0.2) is 34.3 Å². The number of hydrogen-bond acceptors (Lipinski definition) is 5. The van der Waals surface area contributed by atoms with Crippen LogP contribution in [0.15, 0.2) is 11.1 Å². The molecule has 1 atom stereocenters. The first-order valence-corrected chi connectivity index (χ1v) is 11.3. The van der Waals surface area contributed by atoms with Crippen LogP contribution in [0.4, 0.5) is 0 Å². The summed E-state index contributed by atoms with van der Waals surface area (Å²) in [7, 11) is 0. The lowest BCUT2D eigenvalue weighted by Gasteiger charge is -2.26. The number of aryl methyl sites for hydroxylation is 2. The van der Waals surface area contributed by atoms with E-state index in [4.69, 9.17) is 4.74 Å². The minimum atomic E-state index is 0.129. The molecule has 1 fully saturated rings. The molecule has 0 aliphatic heterocycles. The van der Waals surface area contributed by atoms with Crippen molar-refractivity contribution in [3.05, 3.63) is 27.1 Å². The summed E-state index contributed by atoms with van der Waals surface area (Å²) in [5, 5.41) is 4.74. The van der Waals surface area contributed by atoms with E-state index in [1.165, 1.54) is 36.1 Å². The maximum atomic E-state index is 13.0. The molecule has 2 aliphatic rings. The summed E-state index contributed by atoms with van der Waals surface area (Å²) in [5.74, 6) is 0. The third-order valence-electron chi connectivity index (χ3n) is 5.86. The summed E-state index contributed by atoms with van der Waals surface area (Å²) in [6.45, 7) is 5.42. The Morgan fingerprint density at radius 1 is 1.30 bits per heavy atom. The lowest BCUT2D eigenvalue weighted by molar-refractivity contribution is 0.0747. The molecule has 2 aromatic rings. The van der Waals surface area contributed by atoms with Crippen LogP contribution in [0.2, 0.25) is 0 Å². The van der Waals surface area contributed by atoms with Crippen molar-refractivity contribution in [1.82, 2.24) is 14.9 Å². The molecule has 6 heteroatoms. The normalized spacial score (nSPS) is 20.6. The largest absolute Gasteiger partial charge is 0.379 e. The number of fused-ring (bicyclic) bond motifs is 3. The van der Waals surface area contributed by atoms with E-state index in [0.29, 0.717) is 25.2 Å². The molecule has 2 aromatic heterocycles. The van der Waals surface area contributed by atoms with Crippen molar-refractivity contribution in [1.29, 1.82) is 0 Å². The van der Waals surface area contributed by atoms with E-state index in [2.05, 4.69) is 10.3 Å². The van der Waals surface area contributed by atoms with Gasteiger partial charge in [0.05, 0.1) is 17.8 Å². The number of rotatable bonds is 7. The Kier molecular flexibility index (Phi) is 5.95. The maximum Gasteiger partial charge on any atom is 0.262 e. The topological polar surface area (TPSA) is 56.2 Å². The summed E-state index contributed by atoms with van der Waals surface area (Å²) >= 11 is 1.73. The van der Waals surface area contributed by atoms with Crippen LogP contribution in [0, 0.1) is 0 Å². The quantitative estimate of drug-likeness (QED) is 0.734. The molecule has 1 saturated carbocycles. The Morgan fingerprint density at radius 2 is 2.11 bits per heavy atom. The van der Waals surface area contributed by atoms with Crippen molar-refractivity contribution in [3.8, 4) is 0 Å². The monoisotopic (exact) mass is 389 g/mol. The molecule has 4 rings (SSSR count). The molecule has 0 aromatic carbocycles. The number of hydrogen-bond donors (Lipinski definition) is 1. The predicted molar refractivity (Wildman–Crippen MR) is 111 cm³/mol. The van der Waals surface area contributed by atoms with Gasteiger partial charge in [-0.3, -0.25) is 9.36 Å². The summed E-state index contributed by atoms with van der Waals surface area (Å²) in [4.78, 5) is 19.9. The molecule has 2 aliphatic carbocycles. The maximum absolute atomic E-state index is 13.0. The van der Waals surface area contributed by atoms with Gasteiger partial charge >= 0.3 is 0 Å². The zero-order valence-corrected chi connectivity index (χ0v) is 17.3. The van der Waals surface area contributed by atoms with E-state index >= 15 is 0 Å². The van der Waals surface area contributed by atoms with Gasteiger partial charge in [-0.2, -0.15) is 0 Å². The van der Waals surface area contributed by atoms with Crippen LogP contribution < -0.4 is 10.9 Å². The molecule has 0 spiro atoms. The van der Waals surface area contributed by atoms with Crippen molar-refractivity contribution < 1.29 is 4.74 Å². The Hall–Kier alpha value is -1.24. The van der Waals surface area contributed by atoms with Gasteiger partial charge in [-0.1, -0.05) is 12.8 Å². The van der Waals surface area contributed by atoms with E-state index in [1.54, 1.807) is 22.2 Å². The van der Waals surface area contributed by atoms with Gasteiger partial charge in [-0.25, -0.2) is 4.98 Å². The Balaban J connectivity index is 1.48. The SMILES string of the molecule is CC(C)OCCCn1cnc2sc3c(c2c1=O)CCC(NC1CCCC1)C3. The highest BCUT2D eigenvalue weighted by Gasteiger charge is 2.27. The van der Waals surface area contributed by atoms with Crippen LogP contribution in [-0.2, 0) is 24.1 Å². The molecule has 1 unspecified atom stereocenters. The van der Waals surface area contributed by atoms with Crippen LogP contribution in [0.1, 0.15) is 62.8 Å². The van der Waals surface area contributed by atoms with Crippen molar-refractivity contribution >= 4 is 21.6 Å². The van der Waals surface area contributed by atoms with E-state index in [1.807, 2.05) is 13.8 Å². The number of ether oxygens (including phenoxy) is 1. The second kappa shape index (κ2) is 8.41. The lowest BCUT2D eigenvalue weighted by atomic mass is 9.92. The second-order valence-electron chi connectivity index (χ2n) is 8.29. The highest BCUT2D eigenvalue weighted by atomic mass is 32.1. The fraction of sp³-hybridized carbons (Fsp3) is 0.714. The van der Waals surface area contributed by atoms with Crippen LogP contribution in [0.5, 0.6) is 0 Å². The summed E-state index contributed by atoms with van der Waals surface area (Å²) in [5.41, 5.74) is 1.40. The molecule has 0 radical (unpaired) electrons.